The van der Waals surface area contributed by atoms with E-state index in [1.54, 1.807) is 19.9 Å². The average Bonchev–Trinajstić information content (AvgIpc) is 2.21. The number of hydrogen-bond acceptors (Lipinski definition) is 1. The molecule has 0 aliphatic carbocycles. The van der Waals surface area contributed by atoms with Gasteiger partial charge in [0.2, 0.25) is 0 Å². The van der Waals surface area contributed by atoms with Gasteiger partial charge < -0.3 is 0 Å². The third-order valence-corrected chi connectivity index (χ3v) is 2.20. The van der Waals surface area contributed by atoms with E-state index in [1.165, 1.54) is 6.07 Å². The Hall–Kier alpha value is -1.40. The molecule has 0 heterocycles. The Balaban J connectivity index is 2.87. The van der Waals surface area contributed by atoms with E-state index in [0.29, 0.717) is 0 Å². The van der Waals surface area contributed by atoms with Crippen molar-refractivity contribution in [1.82, 2.24) is 5.32 Å². The van der Waals surface area contributed by atoms with Crippen LogP contribution in [0.15, 0.2) is 18.2 Å². The summed E-state index contributed by atoms with van der Waals surface area (Å²) in [4.78, 5) is 0. The summed E-state index contributed by atoms with van der Waals surface area (Å²) < 4.78 is 26.3. The van der Waals surface area contributed by atoms with E-state index in [2.05, 4.69) is 11.2 Å². The summed E-state index contributed by atoms with van der Waals surface area (Å²) in [6.45, 7) is 3.53. The summed E-state index contributed by atoms with van der Waals surface area (Å²) in [7, 11) is 0. The second kappa shape index (κ2) is 4.90. The summed E-state index contributed by atoms with van der Waals surface area (Å²) in [6.07, 6.45) is 5.19. The van der Waals surface area contributed by atoms with Crippen molar-refractivity contribution in [3.05, 3.63) is 35.4 Å². The highest BCUT2D eigenvalue weighted by molar-refractivity contribution is 5.22. The predicted octanol–water partition coefficient (Wildman–Crippen LogP) is 2.64. The van der Waals surface area contributed by atoms with Gasteiger partial charge in [0.05, 0.1) is 6.04 Å². The average molecular weight is 209 g/mol. The van der Waals surface area contributed by atoms with Gasteiger partial charge in [0.25, 0.3) is 0 Å². The first-order valence-electron chi connectivity index (χ1n) is 4.72. The molecule has 0 amide bonds. The van der Waals surface area contributed by atoms with Crippen LogP contribution in [0.25, 0.3) is 0 Å². The Morgan fingerprint density at radius 2 is 2.00 bits per heavy atom. The molecule has 0 aliphatic heterocycles. The number of benzene rings is 1. The summed E-state index contributed by atoms with van der Waals surface area (Å²) in [6, 6.07) is 3.62. The second-order valence-corrected chi connectivity index (χ2v) is 3.42. The minimum atomic E-state index is -0.838. The van der Waals surface area contributed by atoms with Crippen LogP contribution in [0.1, 0.15) is 25.5 Å². The van der Waals surface area contributed by atoms with Crippen molar-refractivity contribution >= 4 is 0 Å². The van der Waals surface area contributed by atoms with Gasteiger partial charge in [-0.2, -0.15) is 0 Å². The van der Waals surface area contributed by atoms with Crippen LogP contribution in [0.5, 0.6) is 0 Å². The van der Waals surface area contributed by atoms with Gasteiger partial charge in [-0.05, 0) is 19.9 Å². The number of rotatable bonds is 3. The van der Waals surface area contributed by atoms with Crippen molar-refractivity contribution in [2.24, 2.45) is 0 Å². The van der Waals surface area contributed by atoms with Crippen LogP contribution >= 0.6 is 0 Å². The summed E-state index contributed by atoms with van der Waals surface area (Å²) >= 11 is 0. The molecule has 0 aromatic heterocycles. The smallest absolute Gasteiger partial charge is 0.163 e. The van der Waals surface area contributed by atoms with Crippen molar-refractivity contribution in [3.8, 4) is 12.3 Å². The molecule has 0 saturated carbocycles. The third-order valence-electron chi connectivity index (χ3n) is 2.20. The molecule has 80 valence electrons. The van der Waals surface area contributed by atoms with Crippen LogP contribution in [0.3, 0.4) is 0 Å². The lowest BCUT2D eigenvalue weighted by Gasteiger charge is -2.17. The minimum absolute atomic E-state index is 0.178. The largest absolute Gasteiger partial charge is 0.297 e. The molecule has 2 unspecified atom stereocenters. The van der Waals surface area contributed by atoms with Gasteiger partial charge in [-0.3, -0.25) is 5.32 Å². The van der Waals surface area contributed by atoms with E-state index >= 15 is 0 Å². The van der Waals surface area contributed by atoms with Gasteiger partial charge in [-0.1, -0.05) is 18.1 Å². The highest BCUT2D eigenvalue weighted by Crippen LogP contribution is 2.19. The van der Waals surface area contributed by atoms with Crippen molar-refractivity contribution in [1.29, 1.82) is 0 Å². The first-order valence-corrected chi connectivity index (χ1v) is 4.72. The molecule has 0 saturated heterocycles. The van der Waals surface area contributed by atoms with Gasteiger partial charge in [-0.25, -0.2) is 8.78 Å². The Morgan fingerprint density at radius 3 is 2.60 bits per heavy atom. The summed E-state index contributed by atoms with van der Waals surface area (Å²) in [5.74, 6) is 0.816. The zero-order valence-corrected chi connectivity index (χ0v) is 8.72. The van der Waals surface area contributed by atoms with Crippen LogP contribution in [0.4, 0.5) is 8.78 Å². The first-order chi connectivity index (χ1) is 7.06. The molecule has 1 N–H and O–H groups in total. The quantitative estimate of drug-likeness (QED) is 0.754. The lowest BCUT2D eigenvalue weighted by atomic mass is 10.1. The standard InChI is InChI=1S/C12H13F2N/c1-4-8(2)15-9(3)10-6-5-7-11(13)12(10)14/h1,5-9,15H,2-3H3. The van der Waals surface area contributed by atoms with Gasteiger partial charge in [0, 0.05) is 11.6 Å². The maximum absolute atomic E-state index is 13.3. The van der Waals surface area contributed by atoms with Crippen molar-refractivity contribution < 1.29 is 8.78 Å². The van der Waals surface area contributed by atoms with Gasteiger partial charge in [0.15, 0.2) is 11.6 Å². The van der Waals surface area contributed by atoms with Gasteiger partial charge >= 0.3 is 0 Å². The molecule has 0 spiro atoms. The Bertz CT molecular complexity index is 382. The fraction of sp³-hybridized carbons (Fsp3) is 0.333. The number of hydrogen-bond donors (Lipinski definition) is 1. The Kier molecular flexibility index (Phi) is 3.81. The van der Waals surface area contributed by atoms with Crippen LogP contribution in [-0.4, -0.2) is 6.04 Å². The fourth-order valence-electron chi connectivity index (χ4n) is 1.37. The minimum Gasteiger partial charge on any atom is -0.297 e. The maximum Gasteiger partial charge on any atom is 0.163 e. The normalized spacial score (nSPS) is 14.3. The maximum atomic E-state index is 13.3. The van der Waals surface area contributed by atoms with Crippen LogP contribution < -0.4 is 5.32 Å². The van der Waals surface area contributed by atoms with E-state index in [4.69, 9.17) is 6.42 Å². The SMILES string of the molecule is C#CC(C)NC(C)c1cccc(F)c1F. The third kappa shape index (κ3) is 2.77. The van der Waals surface area contributed by atoms with Gasteiger partial charge in [0.1, 0.15) is 0 Å². The molecule has 1 nitrogen and oxygen atoms in total. The molecule has 1 rings (SSSR count). The first kappa shape index (κ1) is 11.7. The number of halogens is 2. The van der Waals surface area contributed by atoms with E-state index in [9.17, 15) is 8.78 Å². The molecular formula is C12H13F2N. The van der Waals surface area contributed by atoms with Crippen molar-refractivity contribution in [2.75, 3.05) is 0 Å². The van der Waals surface area contributed by atoms with E-state index in [1.807, 2.05) is 0 Å². The zero-order chi connectivity index (χ0) is 11.4. The molecule has 0 fully saturated rings. The van der Waals surface area contributed by atoms with Crippen molar-refractivity contribution in [2.45, 2.75) is 25.9 Å². The molecule has 1 aromatic carbocycles. The topological polar surface area (TPSA) is 12.0 Å². The molecule has 0 aliphatic rings. The lowest BCUT2D eigenvalue weighted by molar-refractivity contribution is 0.467. The van der Waals surface area contributed by atoms with E-state index < -0.39 is 11.6 Å². The van der Waals surface area contributed by atoms with Crippen LogP contribution in [0, 0.1) is 24.0 Å². The van der Waals surface area contributed by atoms with Gasteiger partial charge in [-0.15, -0.1) is 6.42 Å². The highest BCUT2D eigenvalue weighted by Gasteiger charge is 2.14. The van der Waals surface area contributed by atoms with E-state index in [-0.39, 0.29) is 17.6 Å². The lowest BCUT2D eigenvalue weighted by Crippen LogP contribution is -2.28. The van der Waals surface area contributed by atoms with Crippen molar-refractivity contribution in [3.63, 3.8) is 0 Å². The second-order valence-electron chi connectivity index (χ2n) is 3.42. The van der Waals surface area contributed by atoms with Crippen LogP contribution in [-0.2, 0) is 0 Å². The zero-order valence-electron chi connectivity index (χ0n) is 8.72. The Morgan fingerprint density at radius 1 is 1.33 bits per heavy atom. The number of terminal acetylenes is 1. The highest BCUT2D eigenvalue weighted by atomic mass is 19.2. The fourth-order valence-corrected chi connectivity index (χ4v) is 1.37. The summed E-state index contributed by atoms with van der Waals surface area (Å²) in [5, 5.41) is 2.97. The molecule has 3 heteroatoms. The Labute approximate surface area is 88.5 Å². The van der Waals surface area contributed by atoms with E-state index in [0.717, 1.165) is 6.07 Å². The molecule has 0 bridgehead atoms. The predicted molar refractivity (Wildman–Crippen MR) is 56.2 cm³/mol. The molecule has 0 radical (unpaired) electrons. The summed E-state index contributed by atoms with van der Waals surface area (Å²) in [5.41, 5.74) is 0.289. The van der Waals surface area contributed by atoms with Crippen LogP contribution in [0.2, 0.25) is 0 Å². The number of nitrogens with one attached hydrogen (secondary N) is 1. The molecule has 15 heavy (non-hydrogen) atoms. The molecular weight excluding hydrogens is 196 g/mol. The molecule has 1 aromatic rings. The monoisotopic (exact) mass is 209 g/mol. The molecule has 2 atom stereocenters.